The standard InChI is InChI=1S/C16H23NO5S/c1-2-3-4-12-22-13-7-9-14(10-8-13)23(20,21)17-11-5-6-15(17)16(18)19/h7-10,15H,2-6,11-12H2,1H3,(H,18,19)/t15-/m1/s1. The van der Waals surface area contributed by atoms with Crippen molar-refractivity contribution < 1.29 is 23.1 Å². The van der Waals surface area contributed by atoms with Crippen molar-refractivity contribution in [3.8, 4) is 5.75 Å². The van der Waals surface area contributed by atoms with Crippen LogP contribution in [0.3, 0.4) is 0 Å². The molecule has 0 spiro atoms. The van der Waals surface area contributed by atoms with Gasteiger partial charge < -0.3 is 9.84 Å². The number of hydrogen-bond acceptors (Lipinski definition) is 4. The van der Waals surface area contributed by atoms with Crippen LogP contribution in [0.2, 0.25) is 0 Å². The van der Waals surface area contributed by atoms with E-state index >= 15 is 0 Å². The molecule has 1 aliphatic heterocycles. The summed E-state index contributed by atoms with van der Waals surface area (Å²) in [5, 5.41) is 9.15. The van der Waals surface area contributed by atoms with Gasteiger partial charge in [-0.1, -0.05) is 19.8 Å². The molecule has 1 heterocycles. The maximum atomic E-state index is 12.6. The second kappa shape index (κ2) is 7.79. The lowest BCUT2D eigenvalue weighted by molar-refractivity contribution is -0.140. The summed E-state index contributed by atoms with van der Waals surface area (Å²) in [6.45, 7) is 2.96. The van der Waals surface area contributed by atoms with E-state index in [4.69, 9.17) is 9.84 Å². The zero-order valence-corrected chi connectivity index (χ0v) is 14.1. The van der Waals surface area contributed by atoms with Gasteiger partial charge in [-0.3, -0.25) is 4.79 Å². The summed E-state index contributed by atoms with van der Waals surface area (Å²) in [4.78, 5) is 11.3. The molecule has 23 heavy (non-hydrogen) atoms. The van der Waals surface area contributed by atoms with Crippen molar-refractivity contribution in [1.82, 2.24) is 4.31 Å². The van der Waals surface area contributed by atoms with Crippen LogP contribution in [0.4, 0.5) is 0 Å². The van der Waals surface area contributed by atoms with Crippen LogP contribution in [0, 0.1) is 0 Å². The normalized spacial score (nSPS) is 18.9. The highest BCUT2D eigenvalue weighted by molar-refractivity contribution is 7.89. The van der Waals surface area contributed by atoms with Gasteiger partial charge in [0.1, 0.15) is 11.8 Å². The Labute approximate surface area is 137 Å². The van der Waals surface area contributed by atoms with Crippen molar-refractivity contribution >= 4 is 16.0 Å². The minimum absolute atomic E-state index is 0.103. The van der Waals surface area contributed by atoms with Crippen molar-refractivity contribution in [1.29, 1.82) is 0 Å². The maximum Gasteiger partial charge on any atom is 0.322 e. The number of carboxylic acid groups (broad SMARTS) is 1. The first kappa shape index (κ1) is 17.7. The number of hydrogen-bond donors (Lipinski definition) is 1. The summed E-state index contributed by atoms with van der Waals surface area (Å²) in [6.07, 6.45) is 4.09. The van der Waals surface area contributed by atoms with Gasteiger partial charge in [0.15, 0.2) is 0 Å². The molecular formula is C16H23NO5S. The minimum Gasteiger partial charge on any atom is -0.494 e. The third-order valence-corrected chi connectivity index (χ3v) is 5.86. The van der Waals surface area contributed by atoms with Crippen LogP contribution in [-0.4, -0.2) is 43.0 Å². The van der Waals surface area contributed by atoms with Gasteiger partial charge in [0.25, 0.3) is 0 Å². The van der Waals surface area contributed by atoms with Crippen LogP contribution in [0.25, 0.3) is 0 Å². The maximum absolute atomic E-state index is 12.6. The molecule has 0 bridgehead atoms. The molecule has 1 aliphatic rings. The van der Waals surface area contributed by atoms with Gasteiger partial charge in [0.05, 0.1) is 11.5 Å². The second-order valence-corrected chi connectivity index (χ2v) is 7.53. The van der Waals surface area contributed by atoms with E-state index < -0.39 is 22.0 Å². The van der Waals surface area contributed by atoms with Crippen molar-refractivity contribution in [2.24, 2.45) is 0 Å². The van der Waals surface area contributed by atoms with Crippen LogP contribution < -0.4 is 4.74 Å². The van der Waals surface area contributed by atoms with Crippen LogP contribution in [0.1, 0.15) is 39.0 Å². The predicted molar refractivity (Wildman–Crippen MR) is 86.0 cm³/mol. The lowest BCUT2D eigenvalue weighted by Crippen LogP contribution is -2.40. The van der Waals surface area contributed by atoms with Crippen molar-refractivity contribution in [2.75, 3.05) is 13.2 Å². The zero-order valence-electron chi connectivity index (χ0n) is 13.3. The number of sulfonamides is 1. The minimum atomic E-state index is -3.78. The fourth-order valence-corrected chi connectivity index (χ4v) is 4.31. The van der Waals surface area contributed by atoms with Crippen molar-refractivity contribution in [3.63, 3.8) is 0 Å². The van der Waals surface area contributed by atoms with E-state index in [2.05, 4.69) is 6.92 Å². The first-order valence-corrected chi connectivity index (χ1v) is 9.38. The molecule has 0 aromatic heterocycles. The van der Waals surface area contributed by atoms with Gasteiger partial charge in [0.2, 0.25) is 10.0 Å². The highest BCUT2D eigenvalue weighted by Gasteiger charge is 2.39. The molecule has 6 nitrogen and oxygen atoms in total. The Morgan fingerprint density at radius 1 is 1.30 bits per heavy atom. The fraction of sp³-hybridized carbons (Fsp3) is 0.562. The molecule has 0 radical (unpaired) electrons. The number of ether oxygens (including phenoxy) is 1. The lowest BCUT2D eigenvalue weighted by Gasteiger charge is -2.21. The molecule has 1 fully saturated rings. The Balaban J connectivity index is 2.07. The van der Waals surface area contributed by atoms with Gasteiger partial charge in [-0.05, 0) is 43.5 Å². The number of carboxylic acids is 1. The van der Waals surface area contributed by atoms with E-state index in [-0.39, 0.29) is 11.4 Å². The molecule has 1 aromatic carbocycles. The monoisotopic (exact) mass is 341 g/mol. The van der Waals surface area contributed by atoms with Crippen LogP contribution in [0.5, 0.6) is 5.75 Å². The van der Waals surface area contributed by atoms with Crippen LogP contribution in [-0.2, 0) is 14.8 Å². The molecule has 0 amide bonds. The quantitative estimate of drug-likeness (QED) is 0.735. The third-order valence-electron chi connectivity index (χ3n) is 3.94. The van der Waals surface area contributed by atoms with Crippen LogP contribution in [0.15, 0.2) is 29.2 Å². The van der Waals surface area contributed by atoms with Gasteiger partial charge in [-0.2, -0.15) is 4.31 Å². The Morgan fingerprint density at radius 3 is 2.61 bits per heavy atom. The van der Waals surface area contributed by atoms with E-state index in [9.17, 15) is 13.2 Å². The molecule has 128 valence electrons. The number of carbonyl (C=O) groups is 1. The highest BCUT2D eigenvalue weighted by atomic mass is 32.2. The third kappa shape index (κ3) is 4.23. The second-order valence-electron chi connectivity index (χ2n) is 5.64. The lowest BCUT2D eigenvalue weighted by atomic mass is 10.2. The molecule has 0 unspecified atom stereocenters. The van der Waals surface area contributed by atoms with Gasteiger partial charge in [-0.15, -0.1) is 0 Å². The summed E-state index contributed by atoms with van der Waals surface area (Å²) in [7, 11) is -3.78. The molecule has 2 rings (SSSR count). The topological polar surface area (TPSA) is 83.9 Å². The Hall–Kier alpha value is -1.60. The summed E-state index contributed by atoms with van der Waals surface area (Å²) in [5.41, 5.74) is 0. The van der Waals surface area contributed by atoms with E-state index in [0.717, 1.165) is 23.6 Å². The van der Waals surface area contributed by atoms with Gasteiger partial charge in [0, 0.05) is 6.54 Å². The van der Waals surface area contributed by atoms with Crippen molar-refractivity contribution in [2.45, 2.75) is 50.0 Å². The molecule has 0 saturated carbocycles. The molecule has 0 aliphatic carbocycles. The molecule has 1 saturated heterocycles. The molecule has 7 heteroatoms. The summed E-state index contributed by atoms with van der Waals surface area (Å²) >= 11 is 0. The predicted octanol–water partition coefficient (Wildman–Crippen LogP) is 2.49. The highest BCUT2D eigenvalue weighted by Crippen LogP contribution is 2.27. The molecule has 1 atom stereocenters. The van der Waals surface area contributed by atoms with E-state index in [1.165, 1.54) is 12.1 Å². The average molecular weight is 341 g/mol. The molecular weight excluding hydrogens is 318 g/mol. The molecule has 1 aromatic rings. The summed E-state index contributed by atoms with van der Waals surface area (Å²) in [5.74, 6) is -0.474. The zero-order chi connectivity index (χ0) is 16.9. The van der Waals surface area contributed by atoms with Crippen LogP contribution >= 0.6 is 0 Å². The Kier molecular flexibility index (Phi) is 6.01. The summed E-state index contributed by atoms with van der Waals surface area (Å²) in [6, 6.07) is 5.21. The number of aliphatic carboxylic acids is 1. The van der Waals surface area contributed by atoms with E-state index in [1.54, 1.807) is 12.1 Å². The smallest absolute Gasteiger partial charge is 0.322 e. The number of nitrogens with zero attached hydrogens (tertiary/aromatic N) is 1. The van der Waals surface area contributed by atoms with Crippen molar-refractivity contribution in [3.05, 3.63) is 24.3 Å². The van der Waals surface area contributed by atoms with Gasteiger partial charge in [-0.25, -0.2) is 8.42 Å². The SMILES string of the molecule is CCCCCOc1ccc(S(=O)(=O)N2CCC[C@@H]2C(=O)O)cc1. The first-order valence-electron chi connectivity index (χ1n) is 7.94. The number of benzene rings is 1. The van der Waals surface area contributed by atoms with E-state index in [0.29, 0.717) is 25.2 Å². The number of unbranched alkanes of at least 4 members (excludes halogenated alkanes) is 2. The largest absolute Gasteiger partial charge is 0.494 e. The van der Waals surface area contributed by atoms with E-state index in [1.807, 2.05) is 0 Å². The van der Waals surface area contributed by atoms with Gasteiger partial charge >= 0.3 is 5.97 Å². The number of rotatable bonds is 8. The first-order chi connectivity index (χ1) is 11.0. The Bertz CT molecular complexity index is 626. The Morgan fingerprint density at radius 2 is 2.00 bits per heavy atom. The fourth-order valence-electron chi connectivity index (χ4n) is 2.66. The molecule has 1 N–H and O–H groups in total. The average Bonchev–Trinajstić information content (AvgIpc) is 3.03. The summed E-state index contributed by atoms with van der Waals surface area (Å²) < 4.78 is 31.8.